The van der Waals surface area contributed by atoms with Crippen LogP contribution in [0.15, 0.2) is 48.5 Å². The predicted molar refractivity (Wildman–Crippen MR) is 122 cm³/mol. The molecule has 1 saturated heterocycles. The quantitative estimate of drug-likeness (QED) is 0.446. The van der Waals surface area contributed by atoms with Crippen LogP contribution in [0.2, 0.25) is 0 Å². The summed E-state index contributed by atoms with van der Waals surface area (Å²) in [6, 6.07) is 15.8. The Labute approximate surface area is 193 Å². The summed E-state index contributed by atoms with van der Waals surface area (Å²) in [5, 5.41) is 15.4. The van der Waals surface area contributed by atoms with Gasteiger partial charge in [-0.3, -0.25) is 10.1 Å². The third-order valence-electron chi connectivity index (χ3n) is 5.78. The molecule has 0 radical (unpaired) electrons. The zero-order valence-electron chi connectivity index (χ0n) is 18.9. The Hall–Kier alpha value is -3.41. The van der Waals surface area contributed by atoms with E-state index in [0.717, 1.165) is 5.56 Å². The molecule has 8 heteroatoms. The number of hydrogen-bond donors (Lipinski definition) is 2. The number of rotatable bonds is 9. The monoisotopic (exact) mass is 451 g/mol. The maximum Gasteiger partial charge on any atom is 0.337 e. The van der Waals surface area contributed by atoms with Crippen molar-refractivity contribution in [2.45, 2.75) is 31.3 Å². The Balaban J connectivity index is 1.57. The first-order chi connectivity index (χ1) is 16.0. The van der Waals surface area contributed by atoms with E-state index in [4.69, 9.17) is 19.5 Å². The molecule has 2 aromatic carbocycles. The van der Waals surface area contributed by atoms with E-state index >= 15 is 0 Å². The van der Waals surface area contributed by atoms with Crippen molar-refractivity contribution in [1.29, 1.82) is 5.26 Å². The van der Waals surface area contributed by atoms with E-state index in [0.29, 0.717) is 56.1 Å². The number of nitrogens with one attached hydrogen (secondary N) is 2. The Morgan fingerprint density at radius 3 is 2.39 bits per heavy atom. The molecule has 8 nitrogen and oxygen atoms in total. The topological polar surface area (TPSA) is 110 Å². The predicted octanol–water partition coefficient (Wildman–Crippen LogP) is 2.74. The zero-order chi connectivity index (χ0) is 23.7. The Morgan fingerprint density at radius 2 is 1.79 bits per heavy atom. The third kappa shape index (κ3) is 6.31. The van der Waals surface area contributed by atoms with Crippen molar-refractivity contribution in [3.8, 4) is 11.8 Å². The lowest BCUT2D eigenvalue weighted by Gasteiger charge is -2.37. The molecule has 174 valence electrons. The van der Waals surface area contributed by atoms with E-state index in [2.05, 4.69) is 16.7 Å². The van der Waals surface area contributed by atoms with Gasteiger partial charge >= 0.3 is 5.97 Å². The minimum Gasteiger partial charge on any atom is -0.492 e. The van der Waals surface area contributed by atoms with Gasteiger partial charge < -0.3 is 19.5 Å². The summed E-state index contributed by atoms with van der Waals surface area (Å²) in [4.78, 5) is 24.9. The van der Waals surface area contributed by atoms with Gasteiger partial charge in [-0.15, -0.1) is 0 Å². The van der Waals surface area contributed by atoms with Gasteiger partial charge in [-0.05, 0) is 61.7 Å². The van der Waals surface area contributed by atoms with Crippen LogP contribution in [0.1, 0.15) is 47.3 Å². The fourth-order valence-corrected chi connectivity index (χ4v) is 3.73. The molecule has 1 heterocycles. The largest absolute Gasteiger partial charge is 0.492 e. The second-order valence-corrected chi connectivity index (χ2v) is 7.91. The SMILES string of the molecule is COC(=O)c1ccc(C(C)NC(=O)C2(NCCOc3ccc(C#N)cc3)CCOCC2)cc1. The van der Waals surface area contributed by atoms with Gasteiger partial charge in [-0.2, -0.15) is 5.26 Å². The molecular weight excluding hydrogens is 422 g/mol. The first-order valence-electron chi connectivity index (χ1n) is 10.9. The number of carbonyl (C=O) groups is 2. The molecule has 1 atom stereocenters. The van der Waals surface area contributed by atoms with Crippen LogP contribution < -0.4 is 15.4 Å². The molecule has 0 saturated carbocycles. The van der Waals surface area contributed by atoms with Crippen LogP contribution in [0.25, 0.3) is 0 Å². The number of nitrogens with zero attached hydrogens (tertiary/aromatic N) is 1. The molecule has 2 aromatic rings. The standard InChI is InChI=1S/C25H29N3O5/c1-18(20-5-7-21(8-6-20)23(29)31-2)28-24(30)25(11-14-32-15-12-25)27-13-16-33-22-9-3-19(17-26)4-10-22/h3-10,18,27H,11-16H2,1-2H3,(H,28,30). The highest BCUT2D eigenvalue weighted by Crippen LogP contribution is 2.23. The number of benzene rings is 2. The number of methoxy groups -OCH3 is 1. The molecule has 0 aliphatic carbocycles. The maximum absolute atomic E-state index is 13.3. The first-order valence-corrected chi connectivity index (χ1v) is 10.9. The van der Waals surface area contributed by atoms with Crippen molar-refractivity contribution < 1.29 is 23.8 Å². The third-order valence-corrected chi connectivity index (χ3v) is 5.78. The number of amides is 1. The van der Waals surface area contributed by atoms with E-state index in [1.165, 1.54) is 7.11 Å². The van der Waals surface area contributed by atoms with Crippen LogP contribution in [0.3, 0.4) is 0 Å². The highest BCUT2D eigenvalue weighted by atomic mass is 16.5. The van der Waals surface area contributed by atoms with Crippen molar-refractivity contribution >= 4 is 11.9 Å². The molecule has 2 N–H and O–H groups in total. The molecule has 0 spiro atoms. The molecule has 3 rings (SSSR count). The molecule has 33 heavy (non-hydrogen) atoms. The van der Waals surface area contributed by atoms with Gasteiger partial charge in [0, 0.05) is 19.8 Å². The average molecular weight is 452 g/mol. The molecule has 1 amide bonds. The molecule has 1 unspecified atom stereocenters. The second kappa shape index (κ2) is 11.5. The number of nitriles is 1. The van der Waals surface area contributed by atoms with Gasteiger partial charge in [0.15, 0.2) is 0 Å². The lowest BCUT2D eigenvalue weighted by Crippen LogP contribution is -2.60. The molecular formula is C25H29N3O5. The smallest absolute Gasteiger partial charge is 0.337 e. The number of hydrogen-bond acceptors (Lipinski definition) is 7. The Morgan fingerprint density at radius 1 is 1.12 bits per heavy atom. The van der Waals surface area contributed by atoms with Crippen LogP contribution in [-0.4, -0.2) is 50.9 Å². The number of ether oxygens (including phenoxy) is 3. The molecule has 1 aliphatic rings. The van der Waals surface area contributed by atoms with Gasteiger partial charge in [0.2, 0.25) is 5.91 Å². The van der Waals surface area contributed by atoms with Gasteiger partial charge in [0.1, 0.15) is 17.9 Å². The summed E-state index contributed by atoms with van der Waals surface area (Å²) in [7, 11) is 1.34. The zero-order valence-corrected chi connectivity index (χ0v) is 18.9. The van der Waals surface area contributed by atoms with Crippen LogP contribution in [-0.2, 0) is 14.3 Å². The van der Waals surface area contributed by atoms with E-state index < -0.39 is 11.5 Å². The normalized spacial score (nSPS) is 15.7. The molecule has 1 aliphatic heterocycles. The lowest BCUT2D eigenvalue weighted by atomic mass is 9.88. The van der Waals surface area contributed by atoms with Crippen molar-refractivity contribution in [1.82, 2.24) is 10.6 Å². The maximum atomic E-state index is 13.3. The van der Waals surface area contributed by atoms with Crippen molar-refractivity contribution in [3.05, 3.63) is 65.2 Å². The molecule has 0 bridgehead atoms. The van der Waals surface area contributed by atoms with Crippen molar-refractivity contribution in [3.63, 3.8) is 0 Å². The first kappa shape index (κ1) is 24.2. The van der Waals surface area contributed by atoms with Crippen molar-refractivity contribution in [2.24, 2.45) is 0 Å². The summed E-state index contributed by atoms with van der Waals surface area (Å²) in [6.07, 6.45) is 1.12. The number of esters is 1. The van der Waals surface area contributed by atoms with Crippen LogP contribution >= 0.6 is 0 Å². The van der Waals surface area contributed by atoms with Gasteiger partial charge in [0.05, 0.1) is 30.3 Å². The fourth-order valence-electron chi connectivity index (χ4n) is 3.73. The summed E-state index contributed by atoms with van der Waals surface area (Å²) in [5.41, 5.74) is 1.19. The number of carbonyl (C=O) groups excluding carboxylic acids is 2. The summed E-state index contributed by atoms with van der Waals surface area (Å²) in [6.45, 7) is 3.77. The highest BCUT2D eigenvalue weighted by molar-refractivity contribution is 5.89. The fraction of sp³-hybridized carbons (Fsp3) is 0.400. The minimum atomic E-state index is -0.744. The van der Waals surface area contributed by atoms with E-state index in [1.807, 2.05) is 19.1 Å². The van der Waals surface area contributed by atoms with Crippen LogP contribution in [0.4, 0.5) is 0 Å². The van der Waals surface area contributed by atoms with Gasteiger partial charge in [-0.25, -0.2) is 4.79 Å². The lowest BCUT2D eigenvalue weighted by molar-refractivity contribution is -0.132. The summed E-state index contributed by atoms with van der Waals surface area (Å²) in [5.74, 6) is 0.186. The van der Waals surface area contributed by atoms with Crippen molar-refractivity contribution in [2.75, 3.05) is 33.5 Å². The second-order valence-electron chi connectivity index (χ2n) is 7.91. The highest BCUT2D eigenvalue weighted by Gasteiger charge is 2.40. The molecule has 0 aromatic heterocycles. The van der Waals surface area contributed by atoms with E-state index in [1.54, 1.807) is 36.4 Å². The van der Waals surface area contributed by atoms with Gasteiger partial charge in [-0.1, -0.05) is 12.1 Å². The summed E-state index contributed by atoms with van der Waals surface area (Å²) >= 11 is 0. The van der Waals surface area contributed by atoms with E-state index in [-0.39, 0.29) is 11.9 Å². The molecule has 1 fully saturated rings. The summed E-state index contributed by atoms with van der Waals surface area (Å²) < 4.78 is 16.0. The van der Waals surface area contributed by atoms with Crippen LogP contribution in [0, 0.1) is 11.3 Å². The minimum absolute atomic E-state index is 0.0892. The average Bonchev–Trinajstić information content (AvgIpc) is 2.87. The Bertz CT molecular complexity index is 977. The van der Waals surface area contributed by atoms with Gasteiger partial charge in [0.25, 0.3) is 0 Å². The van der Waals surface area contributed by atoms with E-state index in [9.17, 15) is 9.59 Å². The Kier molecular flexibility index (Phi) is 8.41. The van der Waals surface area contributed by atoms with Crippen LogP contribution in [0.5, 0.6) is 5.75 Å².